The molecule has 15 heavy (non-hydrogen) atoms. The Morgan fingerprint density at radius 3 is 2.60 bits per heavy atom. The Hall–Kier alpha value is -1.06. The lowest BCUT2D eigenvalue weighted by atomic mass is 10.1. The van der Waals surface area contributed by atoms with Gasteiger partial charge in [0.05, 0.1) is 13.2 Å². The van der Waals surface area contributed by atoms with Crippen molar-refractivity contribution >= 4 is 5.69 Å². The summed E-state index contributed by atoms with van der Waals surface area (Å²) in [7, 11) is 0. The molecular formula is C12H15NO2. The second-order valence-electron chi connectivity index (χ2n) is 4.01. The molecule has 0 unspecified atom stereocenters. The molecule has 2 fully saturated rings. The van der Waals surface area contributed by atoms with Gasteiger partial charge in [-0.25, -0.2) is 0 Å². The average molecular weight is 205 g/mol. The normalized spacial score (nSPS) is 21.7. The molecule has 0 bridgehead atoms. The van der Waals surface area contributed by atoms with Gasteiger partial charge in [-0.05, 0) is 18.6 Å². The topological polar surface area (TPSA) is 21.7 Å². The number of nitrogens with zero attached hydrogens (tertiary/aromatic N) is 1. The molecule has 3 rings (SSSR count). The van der Waals surface area contributed by atoms with E-state index in [-0.39, 0.29) is 6.29 Å². The summed E-state index contributed by atoms with van der Waals surface area (Å²) in [6, 6.07) is 8.47. The Morgan fingerprint density at radius 2 is 1.93 bits per heavy atom. The fraction of sp³-hybridized carbons (Fsp3) is 0.500. The lowest BCUT2D eigenvalue weighted by Gasteiger charge is -2.33. The maximum atomic E-state index is 5.48. The number of benzene rings is 1. The second-order valence-corrected chi connectivity index (χ2v) is 4.01. The standard InChI is InChI=1S/C12H15NO2/c1-3-10(12-14-7-8-15-12)9-11(4-1)13-5-2-6-13/h1,3-4,9,12H,2,5-8H2. The van der Waals surface area contributed by atoms with Crippen molar-refractivity contribution in [3.05, 3.63) is 29.8 Å². The Labute approximate surface area is 89.6 Å². The molecule has 1 aromatic carbocycles. The molecule has 2 aliphatic heterocycles. The van der Waals surface area contributed by atoms with Crippen molar-refractivity contribution < 1.29 is 9.47 Å². The first-order valence-electron chi connectivity index (χ1n) is 5.51. The monoisotopic (exact) mass is 205 g/mol. The minimum absolute atomic E-state index is 0.147. The molecule has 0 aromatic heterocycles. The van der Waals surface area contributed by atoms with Gasteiger partial charge < -0.3 is 14.4 Å². The van der Waals surface area contributed by atoms with Gasteiger partial charge in [0.1, 0.15) is 0 Å². The van der Waals surface area contributed by atoms with E-state index in [0.717, 1.165) is 5.56 Å². The van der Waals surface area contributed by atoms with Crippen LogP contribution >= 0.6 is 0 Å². The molecule has 3 heteroatoms. The first kappa shape index (κ1) is 9.19. The summed E-state index contributed by atoms with van der Waals surface area (Å²) >= 11 is 0. The van der Waals surface area contributed by atoms with Crippen LogP contribution in [0.4, 0.5) is 5.69 Å². The predicted octanol–water partition coefficient (Wildman–Crippen LogP) is 1.94. The van der Waals surface area contributed by atoms with Gasteiger partial charge in [0.15, 0.2) is 6.29 Å². The summed E-state index contributed by atoms with van der Waals surface area (Å²) in [6.45, 7) is 3.77. The van der Waals surface area contributed by atoms with Crippen molar-refractivity contribution in [2.45, 2.75) is 12.7 Å². The number of hydrogen-bond donors (Lipinski definition) is 0. The summed E-state index contributed by atoms with van der Waals surface area (Å²) in [5.74, 6) is 0. The van der Waals surface area contributed by atoms with Crippen molar-refractivity contribution in [1.29, 1.82) is 0 Å². The highest BCUT2D eigenvalue weighted by Crippen LogP contribution is 2.28. The number of rotatable bonds is 2. The molecule has 2 saturated heterocycles. The van der Waals surface area contributed by atoms with Crippen LogP contribution in [0.5, 0.6) is 0 Å². The SMILES string of the molecule is c1cc(C2OCCO2)cc(N2CCC2)c1. The van der Waals surface area contributed by atoms with Crippen molar-refractivity contribution in [3.63, 3.8) is 0 Å². The summed E-state index contributed by atoms with van der Waals surface area (Å²) in [6.07, 6.45) is 1.16. The maximum absolute atomic E-state index is 5.48. The lowest BCUT2D eigenvalue weighted by molar-refractivity contribution is -0.0440. The molecule has 2 aliphatic rings. The molecule has 3 nitrogen and oxygen atoms in total. The van der Waals surface area contributed by atoms with Gasteiger partial charge in [0.25, 0.3) is 0 Å². The van der Waals surface area contributed by atoms with Crippen LogP contribution in [-0.2, 0) is 9.47 Å². The lowest BCUT2D eigenvalue weighted by Crippen LogP contribution is -2.36. The van der Waals surface area contributed by atoms with Crippen molar-refractivity contribution in [2.24, 2.45) is 0 Å². The molecule has 0 amide bonds. The first-order chi connectivity index (χ1) is 7.43. The highest BCUT2D eigenvalue weighted by atomic mass is 16.7. The van der Waals surface area contributed by atoms with Gasteiger partial charge in [-0.1, -0.05) is 12.1 Å². The molecule has 0 radical (unpaired) electrons. The Bertz CT molecular complexity index is 343. The third-order valence-electron chi connectivity index (χ3n) is 2.99. The van der Waals surface area contributed by atoms with Crippen LogP contribution in [0, 0.1) is 0 Å². The van der Waals surface area contributed by atoms with E-state index in [9.17, 15) is 0 Å². The van der Waals surface area contributed by atoms with Crippen LogP contribution in [0.1, 0.15) is 18.3 Å². The third kappa shape index (κ3) is 1.73. The van der Waals surface area contributed by atoms with E-state index in [4.69, 9.17) is 9.47 Å². The van der Waals surface area contributed by atoms with Crippen molar-refractivity contribution in [1.82, 2.24) is 0 Å². The predicted molar refractivity (Wildman–Crippen MR) is 57.9 cm³/mol. The van der Waals surface area contributed by atoms with Crippen molar-refractivity contribution in [3.8, 4) is 0 Å². The molecule has 0 saturated carbocycles. The van der Waals surface area contributed by atoms with Gasteiger partial charge >= 0.3 is 0 Å². The second kappa shape index (κ2) is 3.83. The molecule has 0 atom stereocenters. The zero-order valence-electron chi connectivity index (χ0n) is 8.69. The summed E-state index contributed by atoms with van der Waals surface area (Å²) in [5, 5.41) is 0. The van der Waals surface area contributed by atoms with Crippen LogP contribution in [0.25, 0.3) is 0 Å². The first-order valence-corrected chi connectivity index (χ1v) is 5.51. The molecular weight excluding hydrogens is 190 g/mol. The van der Waals surface area contributed by atoms with Crippen LogP contribution in [0.15, 0.2) is 24.3 Å². The minimum Gasteiger partial charge on any atom is -0.371 e. The molecule has 0 N–H and O–H groups in total. The Kier molecular flexibility index (Phi) is 2.35. The average Bonchev–Trinajstić information content (AvgIpc) is 2.68. The zero-order valence-corrected chi connectivity index (χ0v) is 8.69. The Balaban J connectivity index is 1.81. The fourth-order valence-corrected chi connectivity index (χ4v) is 1.99. The van der Waals surface area contributed by atoms with Gasteiger partial charge in [0, 0.05) is 24.3 Å². The van der Waals surface area contributed by atoms with Gasteiger partial charge in [-0.15, -0.1) is 0 Å². The third-order valence-corrected chi connectivity index (χ3v) is 2.99. The van der Waals surface area contributed by atoms with E-state index >= 15 is 0 Å². The summed E-state index contributed by atoms with van der Waals surface area (Å²) in [5.41, 5.74) is 2.43. The smallest absolute Gasteiger partial charge is 0.184 e. The molecule has 80 valence electrons. The largest absolute Gasteiger partial charge is 0.371 e. The molecule has 0 aliphatic carbocycles. The quantitative estimate of drug-likeness (QED) is 0.736. The molecule has 1 aromatic rings. The van der Waals surface area contributed by atoms with E-state index in [1.807, 2.05) is 0 Å². The minimum atomic E-state index is -0.147. The number of ether oxygens (including phenoxy) is 2. The maximum Gasteiger partial charge on any atom is 0.184 e. The van der Waals surface area contributed by atoms with Gasteiger partial charge in [0.2, 0.25) is 0 Å². The fourth-order valence-electron chi connectivity index (χ4n) is 1.99. The van der Waals surface area contributed by atoms with Gasteiger partial charge in [-0.2, -0.15) is 0 Å². The zero-order chi connectivity index (χ0) is 10.1. The van der Waals surface area contributed by atoms with Crippen molar-refractivity contribution in [2.75, 3.05) is 31.2 Å². The molecule has 2 heterocycles. The molecule has 0 spiro atoms. The van der Waals surface area contributed by atoms with E-state index < -0.39 is 0 Å². The highest BCUT2D eigenvalue weighted by Gasteiger charge is 2.20. The number of hydrogen-bond acceptors (Lipinski definition) is 3. The van der Waals surface area contributed by atoms with Crippen LogP contribution in [0.2, 0.25) is 0 Å². The van der Waals surface area contributed by atoms with E-state index in [1.54, 1.807) is 0 Å². The van der Waals surface area contributed by atoms with Gasteiger partial charge in [-0.3, -0.25) is 0 Å². The Morgan fingerprint density at radius 1 is 1.13 bits per heavy atom. The van der Waals surface area contributed by atoms with Crippen LogP contribution < -0.4 is 4.90 Å². The summed E-state index contributed by atoms with van der Waals surface area (Å²) < 4.78 is 11.0. The van der Waals surface area contributed by atoms with Crippen LogP contribution in [0.3, 0.4) is 0 Å². The van der Waals surface area contributed by atoms with E-state index in [0.29, 0.717) is 13.2 Å². The summed E-state index contributed by atoms with van der Waals surface area (Å²) in [4.78, 5) is 2.37. The number of anilines is 1. The van der Waals surface area contributed by atoms with Crippen LogP contribution in [-0.4, -0.2) is 26.3 Å². The van der Waals surface area contributed by atoms with E-state index in [2.05, 4.69) is 29.2 Å². The highest BCUT2D eigenvalue weighted by molar-refractivity contribution is 5.50. The van der Waals surface area contributed by atoms with E-state index in [1.165, 1.54) is 25.2 Å².